The molecule has 1 N–H and O–H groups in total. The number of benzodiazepines with no additional fused rings is 1. The van der Waals surface area contributed by atoms with Crippen molar-refractivity contribution in [1.82, 2.24) is 0 Å². The Hall–Kier alpha value is -3.57. The first-order valence-corrected chi connectivity index (χ1v) is 10.7. The van der Waals surface area contributed by atoms with Gasteiger partial charge in [0.15, 0.2) is 0 Å². The first-order chi connectivity index (χ1) is 15.6. The highest BCUT2D eigenvalue weighted by atomic mass is 35.5. The summed E-state index contributed by atoms with van der Waals surface area (Å²) in [5, 5.41) is 2.77. The molecule has 33 heavy (non-hydrogen) atoms. The summed E-state index contributed by atoms with van der Waals surface area (Å²) < 4.78 is 5.98. The van der Waals surface area contributed by atoms with Crippen molar-refractivity contribution in [2.75, 3.05) is 30.4 Å². The highest BCUT2D eigenvalue weighted by Gasteiger charge is 2.13. The molecule has 0 spiro atoms. The van der Waals surface area contributed by atoms with Crippen LogP contribution in [0, 0.1) is 0 Å². The molecule has 0 aromatic heterocycles. The maximum Gasteiger partial charge on any atom is 0.221 e. The van der Waals surface area contributed by atoms with Crippen molar-refractivity contribution in [1.29, 1.82) is 0 Å². The van der Waals surface area contributed by atoms with E-state index in [0.29, 0.717) is 6.61 Å². The summed E-state index contributed by atoms with van der Waals surface area (Å²) in [6.07, 6.45) is 4.16. The molecule has 3 aromatic rings. The molecule has 5 nitrogen and oxygen atoms in total. The summed E-state index contributed by atoms with van der Waals surface area (Å²) in [5.41, 5.74) is 6.22. The molecule has 3 aromatic carbocycles. The number of benzene rings is 3. The van der Waals surface area contributed by atoms with Crippen molar-refractivity contribution in [2.24, 2.45) is 4.99 Å². The fraction of sp³-hybridized carbons (Fsp3) is 0.185. The van der Waals surface area contributed by atoms with Crippen LogP contribution in [-0.4, -0.2) is 31.8 Å². The number of carbonyl (C=O) groups excluding carboxylic acids is 1. The van der Waals surface area contributed by atoms with Crippen molar-refractivity contribution in [3.63, 3.8) is 0 Å². The SMILES string of the molecule is CC(=O)Nc1ccc(COc2cccc(C=CC3=NCCN(C)c4ccccc43)c2)cc1.Cl. The molecule has 0 fully saturated rings. The lowest BCUT2D eigenvalue weighted by Crippen LogP contribution is -2.20. The number of nitrogens with one attached hydrogen (secondary N) is 1. The number of halogens is 1. The van der Waals surface area contributed by atoms with Crippen molar-refractivity contribution in [2.45, 2.75) is 13.5 Å². The quantitative estimate of drug-likeness (QED) is 0.520. The second-order valence-corrected chi connectivity index (χ2v) is 7.78. The Kier molecular flexibility index (Phi) is 8.28. The van der Waals surface area contributed by atoms with Gasteiger partial charge in [-0.15, -0.1) is 12.4 Å². The zero-order valence-electron chi connectivity index (χ0n) is 18.8. The number of para-hydroxylation sites is 1. The second-order valence-electron chi connectivity index (χ2n) is 7.78. The number of nitrogens with zero attached hydrogens (tertiary/aromatic N) is 2. The van der Waals surface area contributed by atoms with Crippen LogP contribution < -0.4 is 15.0 Å². The molecular formula is C27H28ClN3O2. The summed E-state index contributed by atoms with van der Waals surface area (Å²) in [5.74, 6) is 0.727. The number of hydrogen-bond acceptors (Lipinski definition) is 4. The number of likely N-dealkylation sites (N-methyl/N-ethyl adjacent to an activating group) is 1. The number of ether oxygens (including phenoxy) is 1. The second kappa shape index (κ2) is 11.3. The summed E-state index contributed by atoms with van der Waals surface area (Å²) >= 11 is 0. The molecule has 1 heterocycles. The van der Waals surface area contributed by atoms with E-state index < -0.39 is 0 Å². The van der Waals surface area contributed by atoms with Crippen LogP contribution in [-0.2, 0) is 11.4 Å². The summed E-state index contributed by atoms with van der Waals surface area (Å²) in [6, 6.07) is 24.1. The maximum absolute atomic E-state index is 11.1. The van der Waals surface area contributed by atoms with Crippen LogP contribution in [0.5, 0.6) is 5.75 Å². The Morgan fingerprint density at radius 1 is 1.06 bits per heavy atom. The molecule has 1 aliphatic heterocycles. The number of amides is 1. The predicted octanol–water partition coefficient (Wildman–Crippen LogP) is 5.60. The number of rotatable bonds is 6. The number of aliphatic imine (C=N–C) groups is 1. The molecule has 1 aliphatic rings. The fourth-order valence-corrected chi connectivity index (χ4v) is 3.63. The molecule has 0 saturated heterocycles. The standard InChI is InChI=1S/C27H27N3O2.ClH/c1-20(31)29-23-13-10-22(11-14-23)19-32-24-7-5-6-21(18-24)12-15-26-25-8-3-4-9-27(25)30(2)17-16-28-26;/h3-15,18H,16-17,19H2,1-2H3,(H,29,31);1H. The van der Waals surface area contributed by atoms with Crippen LogP contribution in [0.1, 0.15) is 23.6 Å². The minimum Gasteiger partial charge on any atom is -0.489 e. The van der Waals surface area contributed by atoms with Crippen LogP contribution in [0.2, 0.25) is 0 Å². The Morgan fingerprint density at radius 3 is 2.64 bits per heavy atom. The Balaban J connectivity index is 0.00000306. The van der Waals surface area contributed by atoms with Gasteiger partial charge in [-0.2, -0.15) is 0 Å². The lowest BCUT2D eigenvalue weighted by molar-refractivity contribution is -0.114. The zero-order valence-corrected chi connectivity index (χ0v) is 19.6. The van der Waals surface area contributed by atoms with Crippen LogP contribution in [0.25, 0.3) is 6.08 Å². The fourth-order valence-electron chi connectivity index (χ4n) is 3.63. The van der Waals surface area contributed by atoms with Crippen LogP contribution in [0.15, 0.2) is 83.9 Å². The van der Waals surface area contributed by atoms with Crippen molar-refractivity contribution in [3.8, 4) is 5.75 Å². The van der Waals surface area contributed by atoms with Crippen molar-refractivity contribution >= 4 is 41.5 Å². The van der Waals surface area contributed by atoms with Gasteiger partial charge in [0.1, 0.15) is 12.4 Å². The molecule has 1 amide bonds. The van der Waals surface area contributed by atoms with Crippen LogP contribution >= 0.6 is 12.4 Å². The zero-order chi connectivity index (χ0) is 22.3. The number of anilines is 2. The van der Waals surface area contributed by atoms with Gasteiger partial charge in [-0.3, -0.25) is 9.79 Å². The molecule has 6 heteroatoms. The van der Waals surface area contributed by atoms with Gasteiger partial charge in [0.2, 0.25) is 5.91 Å². The van der Waals surface area contributed by atoms with Gasteiger partial charge in [0, 0.05) is 37.5 Å². The van der Waals surface area contributed by atoms with Gasteiger partial charge in [0.25, 0.3) is 0 Å². The smallest absolute Gasteiger partial charge is 0.221 e. The normalized spacial score (nSPS) is 12.9. The third-order valence-corrected chi connectivity index (χ3v) is 5.28. The van der Waals surface area contributed by atoms with Gasteiger partial charge < -0.3 is 15.0 Å². The minimum atomic E-state index is -0.0795. The molecule has 0 atom stereocenters. The van der Waals surface area contributed by atoms with Gasteiger partial charge in [-0.25, -0.2) is 0 Å². The molecule has 0 bridgehead atoms. The molecule has 4 rings (SSSR count). The topological polar surface area (TPSA) is 53.9 Å². The van der Waals surface area contributed by atoms with E-state index in [9.17, 15) is 4.79 Å². The predicted molar refractivity (Wildman–Crippen MR) is 139 cm³/mol. The lowest BCUT2D eigenvalue weighted by Gasteiger charge is -2.18. The largest absolute Gasteiger partial charge is 0.489 e. The van der Waals surface area contributed by atoms with Crippen LogP contribution in [0.3, 0.4) is 0 Å². The molecular weight excluding hydrogens is 434 g/mol. The van der Waals surface area contributed by atoms with Gasteiger partial charge in [0.05, 0.1) is 12.3 Å². The third-order valence-electron chi connectivity index (χ3n) is 5.28. The minimum absolute atomic E-state index is 0. The maximum atomic E-state index is 11.1. The van der Waals surface area contributed by atoms with E-state index in [4.69, 9.17) is 9.73 Å². The summed E-state index contributed by atoms with van der Waals surface area (Å²) in [7, 11) is 2.11. The summed E-state index contributed by atoms with van der Waals surface area (Å²) in [6.45, 7) is 3.64. The Labute approximate surface area is 201 Å². The Bertz CT molecular complexity index is 1160. The van der Waals surface area contributed by atoms with Gasteiger partial charge in [-0.05, 0) is 47.5 Å². The third kappa shape index (κ3) is 6.46. The van der Waals surface area contributed by atoms with Crippen molar-refractivity contribution in [3.05, 3.63) is 95.6 Å². The van der Waals surface area contributed by atoms with E-state index >= 15 is 0 Å². The molecule has 170 valence electrons. The number of fused-ring (bicyclic) bond motifs is 1. The first-order valence-electron chi connectivity index (χ1n) is 10.7. The van der Waals surface area contributed by atoms with Gasteiger partial charge in [-0.1, -0.05) is 48.5 Å². The molecule has 0 unspecified atom stereocenters. The van der Waals surface area contributed by atoms with E-state index in [1.807, 2.05) is 42.5 Å². The summed E-state index contributed by atoms with van der Waals surface area (Å²) in [4.78, 5) is 18.2. The molecule has 0 aliphatic carbocycles. The lowest BCUT2D eigenvalue weighted by atomic mass is 10.1. The average Bonchev–Trinajstić information content (AvgIpc) is 2.96. The highest BCUT2D eigenvalue weighted by Crippen LogP contribution is 2.23. The van der Waals surface area contributed by atoms with E-state index in [2.05, 4.69) is 59.7 Å². The first kappa shape index (κ1) is 24.1. The monoisotopic (exact) mass is 461 g/mol. The average molecular weight is 462 g/mol. The highest BCUT2D eigenvalue weighted by molar-refractivity contribution is 6.14. The number of hydrogen-bond donors (Lipinski definition) is 1. The van der Waals surface area contributed by atoms with Gasteiger partial charge >= 0.3 is 0 Å². The molecule has 0 radical (unpaired) electrons. The van der Waals surface area contributed by atoms with Crippen molar-refractivity contribution < 1.29 is 9.53 Å². The van der Waals surface area contributed by atoms with E-state index in [0.717, 1.165) is 46.9 Å². The Morgan fingerprint density at radius 2 is 1.85 bits per heavy atom. The number of allylic oxidation sites excluding steroid dienone is 1. The van der Waals surface area contributed by atoms with E-state index in [1.165, 1.54) is 12.6 Å². The number of carbonyl (C=O) groups is 1. The van der Waals surface area contributed by atoms with Crippen LogP contribution in [0.4, 0.5) is 11.4 Å². The van der Waals surface area contributed by atoms with E-state index in [1.54, 1.807) is 0 Å². The molecule has 0 saturated carbocycles. The van der Waals surface area contributed by atoms with E-state index in [-0.39, 0.29) is 18.3 Å².